The van der Waals surface area contributed by atoms with Crippen molar-refractivity contribution in [2.45, 2.75) is 142 Å². The summed E-state index contributed by atoms with van der Waals surface area (Å²) in [6, 6.07) is 7.20. The molecule has 0 aliphatic heterocycles. The van der Waals surface area contributed by atoms with Gasteiger partial charge in [0.25, 0.3) is 0 Å². The van der Waals surface area contributed by atoms with Crippen molar-refractivity contribution in [3.05, 3.63) is 99.0 Å². The monoisotopic (exact) mass is 744 g/mol. The lowest BCUT2D eigenvalue weighted by atomic mass is 9.73. The summed E-state index contributed by atoms with van der Waals surface area (Å²) in [6.07, 6.45) is 19.2. The summed E-state index contributed by atoms with van der Waals surface area (Å²) < 4.78 is 0. The van der Waals surface area contributed by atoms with Crippen LogP contribution in [0.15, 0.2) is 71.9 Å². The van der Waals surface area contributed by atoms with E-state index in [1.165, 1.54) is 11.1 Å². The zero-order valence-corrected chi connectivity index (χ0v) is 33.4. The first-order valence-corrected chi connectivity index (χ1v) is 20.3. The van der Waals surface area contributed by atoms with E-state index < -0.39 is 0 Å². The van der Waals surface area contributed by atoms with Gasteiger partial charge >= 0.3 is 5.09 Å². The number of allylic oxidation sites excluding steroid dienone is 6. The molecule has 8 nitrogen and oxygen atoms in total. The molecule has 0 heterocycles. The van der Waals surface area contributed by atoms with Crippen LogP contribution in [0.5, 0.6) is 23.0 Å². The summed E-state index contributed by atoms with van der Waals surface area (Å²) >= 11 is 0. The van der Waals surface area contributed by atoms with Gasteiger partial charge in [0.1, 0.15) is 27.9 Å². The van der Waals surface area contributed by atoms with Crippen LogP contribution in [0, 0.1) is 16.7 Å². The Morgan fingerprint density at radius 2 is 0.944 bits per heavy atom. The molecule has 2 aromatic rings. The molecule has 0 aromatic heterocycles. The summed E-state index contributed by atoms with van der Waals surface area (Å²) in [4.78, 5) is 22.2. The normalized spacial score (nSPS) is 19.9. The van der Waals surface area contributed by atoms with Crippen molar-refractivity contribution in [3.63, 3.8) is 0 Å². The fraction of sp³-hybridized carbons (Fsp3) is 0.565. The number of hydrogen-bond acceptors (Lipinski definition) is 7. The van der Waals surface area contributed by atoms with E-state index in [9.17, 15) is 25.3 Å². The van der Waals surface area contributed by atoms with Gasteiger partial charge in [-0.15, -0.1) is 0 Å². The highest BCUT2D eigenvalue weighted by atomic mass is 17.0. The molecule has 0 spiro atoms. The van der Waals surface area contributed by atoms with Gasteiger partial charge in [-0.25, -0.2) is 0 Å². The van der Waals surface area contributed by atoms with Crippen LogP contribution in [0.1, 0.15) is 152 Å². The maximum Gasteiger partial charge on any atom is 0.477 e. The number of nitrogens with zero attached hydrogens (tertiary/aromatic N) is 1. The molecule has 0 saturated carbocycles. The molecule has 0 radical (unpaired) electrons. The molecule has 0 fully saturated rings. The van der Waals surface area contributed by atoms with Crippen molar-refractivity contribution in [2.24, 2.45) is 11.8 Å². The van der Waals surface area contributed by atoms with E-state index in [1.54, 1.807) is 24.3 Å². The third kappa shape index (κ3) is 12.4. The van der Waals surface area contributed by atoms with Gasteiger partial charge in [-0.1, -0.05) is 73.3 Å². The SMILES string of the molecule is C=C(C)[C@@H]1CCC(C)=C[C@H]1c1c(O)cc(CCCCCCCO[N+](=O)OCCCCCCCc2cc(O)c([C@@H]3C=C(C)CC[C@H]3C(=C)C)c(O)c2)cc1O. The van der Waals surface area contributed by atoms with E-state index in [1.807, 2.05) is 13.8 Å². The second-order valence-corrected chi connectivity index (χ2v) is 16.1. The largest absolute Gasteiger partial charge is 0.507 e. The fourth-order valence-corrected chi connectivity index (χ4v) is 8.38. The lowest BCUT2D eigenvalue weighted by molar-refractivity contribution is -0.981. The average Bonchev–Trinajstić information content (AvgIpc) is 3.10. The van der Waals surface area contributed by atoms with Crippen molar-refractivity contribution in [2.75, 3.05) is 13.2 Å². The molecule has 2 aliphatic carbocycles. The van der Waals surface area contributed by atoms with Gasteiger partial charge in [-0.05, 0) is 152 Å². The quantitative estimate of drug-likeness (QED) is 0.0538. The fourth-order valence-electron chi connectivity index (χ4n) is 8.38. The molecule has 0 amide bonds. The summed E-state index contributed by atoms with van der Waals surface area (Å²) in [7, 11) is 0. The molecule has 2 aromatic carbocycles. The number of benzene rings is 2. The molecular weight excluding hydrogens is 679 g/mol. The molecule has 0 unspecified atom stereocenters. The molecule has 4 N–H and O–H groups in total. The summed E-state index contributed by atoms with van der Waals surface area (Å²) in [6.45, 7) is 17.2. The Labute approximate surface area is 323 Å². The molecular formula is C46H66NO7+. The highest BCUT2D eigenvalue weighted by Gasteiger charge is 2.31. The number of aromatic hydroxyl groups is 4. The zero-order valence-electron chi connectivity index (χ0n) is 33.4. The van der Waals surface area contributed by atoms with Gasteiger partial charge in [0.15, 0.2) is 13.2 Å². The van der Waals surface area contributed by atoms with E-state index in [0.717, 1.165) is 125 Å². The van der Waals surface area contributed by atoms with Gasteiger partial charge < -0.3 is 20.4 Å². The molecule has 2 aliphatic rings. The van der Waals surface area contributed by atoms with Crippen molar-refractivity contribution < 1.29 is 35.2 Å². The first-order chi connectivity index (χ1) is 25.8. The minimum Gasteiger partial charge on any atom is -0.507 e. The maximum atomic E-state index is 11.9. The molecule has 8 heteroatoms. The number of rotatable bonds is 22. The smallest absolute Gasteiger partial charge is 0.477 e. The zero-order chi connectivity index (χ0) is 39.2. The minimum atomic E-state index is -0.0562. The van der Waals surface area contributed by atoms with Crippen LogP contribution < -0.4 is 0 Å². The summed E-state index contributed by atoms with van der Waals surface area (Å²) in [5.41, 5.74) is 7.79. The van der Waals surface area contributed by atoms with Gasteiger partial charge in [0.05, 0.1) is 0 Å². The molecule has 54 heavy (non-hydrogen) atoms. The van der Waals surface area contributed by atoms with E-state index in [-0.39, 0.29) is 51.8 Å². The van der Waals surface area contributed by atoms with Crippen molar-refractivity contribution in [1.82, 2.24) is 0 Å². The Balaban J connectivity index is 1.02. The van der Waals surface area contributed by atoms with Crippen molar-refractivity contribution in [3.8, 4) is 23.0 Å². The predicted molar refractivity (Wildman–Crippen MR) is 217 cm³/mol. The first kappa shape index (κ1) is 42.5. The minimum absolute atomic E-state index is 0.0562. The lowest BCUT2D eigenvalue weighted by Crippen LogP contribution is -2.17. The van der Waals surface area contributed by atoms with Crippen molar-refractivity contribution >= 4 is 0 Å². The van der Waals surface area contributed by atoms with Gasteiger partial charge in [-0.2, -0.15) is 9.68 Å². The van der Waals surface area contributed by atoms with Crippen LogP contribution in [-0.4, -0.2) is 38.7 Å². The van der Waals surface area contributed by atoms with Crippen LogP contribution in [0.3, 0.4) is 0 Å². The Bertz CT molecular complexity index is 1490. The molecule has 0 saturated heterocycles. The van der Waals surface area contributed by atoms with Gasteiger partial charge in [0, 0.05) is 23.0 Å². The number of phenols is 4. The van der Waals surface area contributed by atoms with E-state index in [4.69, 9.17) is 9.68 Å². The Morgan fingerprint density at radius 3 is 1.30 bits per heavy atom. The van der Waals surface area contributed by atoms with Crippen LogP contribution in [0.2, 0.25) is 0 Å². The standard InChI is InChI=1S/C46H65NO7/c1-31(2)37-21-19-33(5)25-39(37)45-41(48)27-35(28-42(45)49)17-13-9-7-11-15-23-53-47(52)54-24-16-12-8-10-14-18-36-29-43(50)46(44(51)30-36)40-26-34(6)20-22-38(40)32(3)4/h25-30,37-40H,1,3,7-24H2,2,4-6H3,(H3-,48,49,50,51)/p+1/t37-,38-,39+,40+/m0/s1. The number of hydrogen-bond donors (Lipinski definition) is 4. The Hall–Kier alpha value is -4.20. The van der Waals surface area contributed by atoms with Crippen LogP contribution in [-0.2, 0) is 22.5 Å². The third-order valence-corrected chi connectivity index (χ3v) is 11.4. The lowest BCUT2D eigenvalue weighted by Gasteiger charge is -2.31. The van der Waals surface area contributed by atoms with Crippen LogP contribution in [0.4, 0.5) is 0 Å². The van der Waals surface area contributed by atoms with Gasteiger partial charge in [-0.3, -0.25) is 0 Å². The third-order valence-electron chi connectivity index (χ3n) is 11.4. The van der Waals surface area contributed by atoms with Gasteiger partial charge in [0.2, 0.25) is 0 Å². The Morgan fingerprint density at radius 1 is 0.611 bits per heavy atom. The van der Waals surface area contributed by atoms with E-state index in [2.05, 4.69) is 39.2 Å². The Kier molecular flexibility index (Phi) is 16.6. The molecule has 296 valence electrons. The molecule has 4 atom stereocenters. The number of unbranched alkanes of at least 4 members (excludes halogenated alkanes) is 8. The summed E-state index contributed by atoms with van der Waals surface area (Å²) in [5, 5.41) is 43.8. The highest BCUT2D eigenvalue weighted by molar-refractivity contribution is 5.53. The van der Waals surface area contributed by atoms with Crippen molar-refractivity contribution in [1.29, 1.82) is 0 Å². The number of aryl methyl sites for hydroxylation is 2. The van der Waals surface area contributed by atoms with Crippen LogP contribution >= 0.6 is 0 Å². The molecule has 0 bridgehead atoms. The van der Waals surface area contributed by atoms with E-state index in [0.29, 0.717) is 24.3 Å². The topological polar surface area (TPSA) is 119 Å². The number of phenolic OH excluding ortho intramolecular Hbond substituents is 4. The predicted octanol–water partition coefficient (Wildman–Crippen LogP) is 11.9. The average molecular weight is 745 g/mol. The van der Waals surface area contributed by atoms with Crippen LogP contribution in [0.25, 0.3) is 0 Å². The second-order valence-electron chi connectivity index (χ2n) is 16.1. The maximum absolute atomic E-state index is 11.9. The highest BCUT2D eigenvalue weighted by Crippen LogP contribution is 2.48. The second kappa shape index (κ2) is 21.0. The van der Waals surface area contributed by atoms with E-state index >= 15 is 0 Å². The summed E-state index contributed by atoms with van der Waals surface area (Å²) in [5.74, 6) is 0.946. The first-order valence-electron chi connectivity index (χ1n) is 20.3. The molecule has 4 rings (SSSR count).